The highest BCUT2D eigenvalue weighted by molar-refractivity contribution is 6.24. The first-order chi connectivity index (χ1) is 22.8. The topological polar surface area (TPSA) is 35.1 Å². The van der Waals surface area contributed by atoms with Gasteiger partial charge in [-0.05, 0) is 76.5 Å². The van der Waals surface area contributed by atoms with Gasteiger partial charge in [-0.25, -0.2) is 9.97 Å². The van der Waals surface area contributed by atoms with Gasteiger partial charge in [0.1, 0.15) is 5.52 Å². The lowest BCUT2D eigenvalue weighted by atomic mass is 9.98. The summed E-state index contributed by atoms with van der Waals surface area (Å²) in [4.78, 5) is 10.3. The summed E-state index contributed by atoms with van der Waals surface area (Å²) in [6, 6.07) is 52.4. The summed E-state index contributed by atoms with van der Waals surface area (Å²) in [5.74, 6) is 0. The van der Waals surface area contributed by atoms with Crippen LogP contribution in [0.4, 0.5) is 0 Å². The maximum atomic E-state index is 5.18. The summed E-state index contributed by atoms with van der Waals surface area (Å²) in [7, 11) is 0. The summed E-state index contributed by atoms with van der Waals surface area (Å²) in [6.07, 6.45) is 0. The van der Waals surface area contributed by atoms with Gasteiger partial charge in [0.05, 0.1) is 33.1 Å². The monoisotopic (exact) mass is 584 g/mol. The van der Waals surface area contributed by atoms with Crippen molar-refractivity contribution in [3.05, 3.63) is 146 Å². The first kappa shape index (κ1) is 24.1. The minimum Gasteiger partial charge on any atom is -0.309 e. The minimum absolute atomic E-state index is 0.906. The van der Waals surface area contributed by atoms with Gasteiger partial charge < -0.3 is 4.57 Å². The lowest BCUT2D eigenvalue weighted by Crippen LogP contribution is -1.93. The van der Waals surface area contributed by atoms with Crippen molar-refractivity contribution in [2.45, 2.75) is 0 Å². The van der Waals surface area contributed by atoms with E-state index in [0.717, 1.165) is 38.8 Å². The van der Waals surface area contributed by atoms with Gasteiger partial charge in [0, 0.05) is 32.6 Å². The molecule has 0 saturated carbocycles. The molecule has 0 atom stereocenters. The minimum atomic E-state index is 0.906. The first-order valence-electron chi connectivity index (χ1n) is 15.7. The molecule has 46 heavy (non-hydrogen) atoms. The fourth-order valence-electron chi connectivity index (χ4n) is 7.81. The molecule has 0 N–H and O–H groups in total. The van der Waals surface area contributed by atoms with Crippen LogP contribution in [-0.2, 0) is 0 Å². The molecule has 212 valence electrons. The molecule has 0 aliphatic heterocycles. The van der Waals surface area contributed by atoms with Crippen molar-refractivity contribution < 1.29 is 0 Å². The predicted molar refractivity (Wildman–Crippen MR) is 191 cm³/mol. The maximum absolute atomic E-state index is 5.18. The van der Waals surface area contributed by atoms with E-state index in [4.69, 9.17) is 9.97 Å². The molecule has 7 aromatic carbocycles. The lowest BCUT2D eigenvalue weighted by Gasteiger charge is -2.09. The Morgan fingerprint density at radius 1 is 0.435 bits per heavy atom. The average molecular weight is 585 g/mol. The first-order valence-corrected chi connectivity index (χ1v) is 15.7. The highest BCUT2D eigenvalue weighted by Gasteiger charge is 2.22. The highest BCUT2D eigenvalue weighted by atomic mass is 15.0. The molecule has 0 amide bonds. The van der Waals surface area contributed by atoms with Gasteiger partial charge in [0.2, 0.25) is 0 Å². The van der Waals surface area contributed by atoms with Crippen molar-refractivity contribution in [1.29, 1.82) is 0 Å². The van der Waals surface area contributed by atoms with Crippen molar-refractivity contribution in [2.75, 3.05) is 0 Å². The Kier molecular flexibility index (Phi) is 4.55. The normalized spacial score (nSPS) is 12.3. The smallest absolute Gasteiger partial charge is 0.165 e. The Hall–Kier alpha value is -6.26. The Labute approximate surface area is 262 Å². The molecule has 0 spiro atoms. The Balaban J connectivity index is 1.26. The number of nitrogens with zero attached hydrogens (tertiary/aromatic N) is 4. The molecule has 4 heterocycles. The molecule has 11 rings (SSSR count). The summed E-state index contributed by atoms with van der Waals surface area (Å²) < 4.78 is 4.72. The zero-order valence-electron chi connectivity index (χ0n) is 24.6. The number of aromatic nitrogens is 4. The van der Waals surface area contributed by atoms with Crippen LogP contribution in [0.15, 0.2) is 146 Å². The van der Waals surface area contributed by atoms with Crippen LogP contribution < -0.4 is 0 Å². The standard InChI is InChI=1S/C42H24N4/c1-2-11-28(12-3-1)45-37-21-19-25-10-4-5-13-29(25)39(37)31-20-18-26(24-38(31)45)27-22-32-30-14-6-9-17-36(30)46-41(32)33(23-27)40-42(46)44-35-16-8-7-15-34(35)43-40/h1-24H. The van der Waals surface area contributed by atoms with E-state index in [1.165, 1.54) is 60.0 Å². The Bertz CT molecular complexity index is 3020. The zero-order chi connectivity index (χ0) is 29.9. The SMILES string of the molecule is c1ccc(-n2c3cc(-c4cc5c6ccccc6n6c7nc8ccccc8nc7c(c4)c56)ccc3c3c4ccccc4ccc32)cc1. The fourth-order valence-corrected chi connectivity index (χ4v) is 7.81. The van der Waals surface area contributed by atoms with Crippen molar-refractivity contribution in [3.63, 3.8) is 0 Å². The largest absolute Gasteiger partial charge is 0.309 e. The quantitative estimate of drug-likeness (QED) is 0.203. The average Bonchev–Trinajstić information content (AvgIpc) is 3.75. The van der Waals surface area contributed by atoms with Gasteiger partial charge >= 0.3 is 0 Å². The fraction of sp³-hybridized carbons (Fsp3) is 0. The molecule has 0 radical (unpaired) electrons. The van der Waals surface area contributed by atoms with Crippen molar-refractivity contribution in [1.82, 2.24) is 18.9 Å². The second-order valence-electron chi connectivity index (χ2n) is 12.2. The third-order valence-electron chi connectivity index (χ3n) is 9.79. The second-order valence-corrected chi connectivity index (χ2v) is 12.2. The van der Waals surface area contributed by atoms with Gasteiger partial charge in [-0.3, -0.25) is 4.40 Å². The molecule has 4 aromatic heterocycles. The van der Waals surface area contributed by atoms with Crippen LogP contribution >= 0.6 is 0 Å². The van der Waals surface area contributed by atoms with Gasteiger partial charge in [0.25, 0.3) is 0 Å². The van der Waals surface area contributed by atoms with E-state index in [0.29, 0.717) is 0 Å². The Morgan fingerprint density at radius 3 is 2.07 bits per heavy atom. The zero-order valence-corrected chi connectivity index (χ0v) is 24.6. The molecule has 0 unspecified atom stereocenters. The third kappa shape index (κ3) is 3.07. The van der Waals surface area contributed by atoms with Crippen LogP contribution in [0.1, 0.15) is 0 Å². The van der Waals surface area contributed by atoms with Crippen molar-refractivity contribution in [3.8, 4) is 16.8 Å². The summed E-state index contributed by atoms with van der Waals surface area (Å²) >= 11 is 0. The van der Waals surface area contributed by atoms with E-state index in [-0.39, 0.29) is 0 Å². The van der Waals surface area contributed by atoms with Crippen LogP contribution in [-0.4, -0.2) is 18.9 Å². The van der Waals surface area contributed by atoms with E-state index >= 15 is 0 Å². The number of benzene rings is 7. The van der Waals surface area contributed by atoms with Gasteiger partial charge in [-0.15, -0.1) is 0 Å². The number of rotatable bonds is 2. The Morgan fingerprint density at radius 2 is 1.17 bits per heavy atom. The van der Waals surface area contributed by atoms with Crippen molar-refractivity contribution in [2.24, 2.45) is 0 Å². The van der Waals surface area contributed by atoms with E-state index in [2.05, 4.69) is 136 Å². The predicted octanol–water partition coefficient (Wildman–Crippen LogP) is 10.7. The van der Waals surface area contributed by atoms with Crippen LogP contribution in [0.3, 0.4) is 0 Å². The van der Waals surface area contributed by atoms with Crippen LogP contribution in [0.5, 0.6) is 0 Å². The number of hydrogen-bond acceptors (Lipinski definition) is 2. The summed E-state index contributed by atoms with van der Waals surface area (Å²) in [5.41, 5.74) is 11.9. The van der Waals surface area contributed by atoms with Gasteiger partial charge in [-0.1, -0.05) is 91.0 Å². The molecule has 0 saturated heterocycles. The van der Waals surface area contributed by atoms with Crippen LogP contribution in [0.25, 0.3) is 98.8 Å². The van der Waals surface area contributed by atoms with E-state index < -0.39 is 0 Å². The molecule has 11 aromatic rings. The maximum Gasteiger partial charge on any atom is 0.165 e. The summed E-state index contributed by atoms with van der Waals surface area (Å²) in [6.45, 7) is 0. The van der Waals surface area contributed by atoms with Gasteiger partial charge in [0.15, 0.2) is 5.65 Å². The number of fused-ring (bicyclic) bond motifs is 12. The third-order valence-corrected chi connectivity index (χ3v) is 9.79. The van der Waals surface area contributed by atoms with Crippen molar-refractivity contribution >= 4 is 82.0 Å². The number of para-hydroxylation sites is 4. The van der Waals surface area contributed by atoms with Crippen LogP contribution in [0, 0.1) is 0 Å². The molecule has 0 aliphatic rings. The molecule has 0 aliphatic carbocycles. The molecular weight excluding hydrogens is 560 g/mol. The lowest BCUT2D eigenvalue weighted by molar-refractivity contribution is 1.18. The highest BCUT2D eigenvalue weighted by Crippen LogP contribution is 2.43. The summed E-state index contributed by atoms with van der Waals surface area (Å²) in [5, 5.41) is 8.65. The van der Waals surface area contributed by atoms with E-state index in [1.54, 1.807) is 0 Å². The van der Waals surface area contributed by atoms with Crippen LogP contribution in [0.2, 0.25) is 0 Å². The second kappa shape index (κ2) is 8.68. The molecule has 0 bridgehead atoms. The van der Waals surface area contributed by atoms with E-state index in [1.807, 2.05) is 18.2 Å². The molecule has 4 heteroatoms. The molecular formula is C42H24N4. The van der Waals surface area contributed by atoms with E-state index in [9.17, 15) is 0 Å². The van der Waals surface area contributed by atoms with Gasteiger partial charge in [-0.2, -0.15) is 0 Å². The molecule has 4 nitrogen and oxygen atoms in total. The number of hydrogen-bond donors (Lipinski definition) is 0. The molecule has 0 fully saturated rings.